The van der Waals surface area contributed by atoms with Crippen LogP contribution in [0.5, 0.6) is 5.75 Å². The summed E-state index contributed by atoms with van der Waals surface area (Å²) in [6, 6.07) is 6.35. The highest BCUT2D eigenvalue weighted by Gasteiger charge is 2.05. The lowest BCUT2D eigenvalue weighted by atomic mass is 10.1. The number of nitrogens with one attached hydrogen (secondary N) is 1. The molecule has 0 aliphatic carbocycles. The molecule has 0 spiro atoms. The molecule has 94 valence electrons. The fraction of sp³-hybridized carbons (Fsp3) is 0.231. The highest BCUT2D eigenvalue weighted by atomic mass is 19.1. The van der Waals surface area contributed by atoms with Crippen LogP contribution < -0.4 is 5.56 Å². The van der Waals surface area contributed by atoms with Gasteiger partial charge in [-0.3, -0.25) is 4.79 Å². The summed E-state index contributed by atoms with van der Waals surface area (Å²) in [5, 5.41) is 15.2. The van der Waals surface area contributed by atoms with Crippen LogP contribution in [0, 0.1) is 12.7 Å². The largest absolute Gasteiger partial charge is 0.503 e. The molecular formula is C13H13FN2O2. The molecule has 5 heteroatoms. The SMILES string of the molecule is Cc1ccc(CCc2cc(O)c(=O)[nH]n2)c(F)c1. The number of benzene rings is 1. The minimum atomic E-state index is -0.625. The average Bonchev–Trinajstić information content (AvgIpc) is 2.32. The summed E-state index contributed by atoms with van der Waals surface area (Å²) in [7, 11) is 0. The van der Waals surface area contributed by atoms with Gasteiger partial charge in [0.05, 0.1) is 5.69 Å². The van der Waals surface area contributed by atoms with Gasteiger partial charge in [-0.25, -0.2) is 9.49 Å². The van der Waals surface area contributed by atoms with Crippen molar-refractivity contribution in [2.45, 2.75) is 19.8 Å². The van der Waals surface area contributed by atoms with Gasteiger partial charge >= 0.3 is 5.56 Å². The van der Waals surface area contributed by atoms with Crippen molar-refractivity contribution in [1.82, 2.24) is 10.2 Å². The molecule has 1 aromatic carbocycles. The Labute approximate surface area is 103 Å². The Morgan fingerprint density at radius 1 is 1.33 bits per heavy atom. The summed E-state index contributed by atoms with van der Waals surface area (Å²) in [5.41, 5.74) is 1.36. The van der Waals surface area contributed by atoms with Crippen LogP contribution in [0.1, 0.15) is 16.8 Å². The van der Waals surface area contributed by atoms with Crippen molar-refractivity contribution < 1.29 is 9.50 Å². The summed E-state index contributed by atoms with van der Waals surface area (Å²) < 4.78 is 13.6. The Morgan fingerprint density at radius 3 is 2.78 bits per heavy atom. The van der Waals surface area contributed by atoms with Crippen LogP contribution in [-0.2, 0) is 12.8 Å². The number of halogens is 1. The topological polar surface area (TPSA) is 66.0 Å². The van der Waals surface area contributed by atoms with Gasteiger partial charge in [-0.15, -0.1) is 0 Å². The van der Waals surface area contributed by atoms with E-state index in [0.717, 1.165) is 5.56 Å². The van der Waals surface area contributed by atoms with Gasteiger partial charge < -0.3 is 5.11 Å². The van der Waals surface area contributed by atoms with Crippen LogP contribution in [0.15, 0.2) is 29.1 Å². The van der Waals surface area contributed by atoms with Gasteiger partial charge in [0.15, 0.2) is 5.75 Å². The standard InChI is InChI=1S/C13H13FN2O2/c1-8-2-3-9(11(14)6-8)4-5-10-7-12(17)13(18)16-15-10/h2-3,6-7H,4-5H2,1H3,(H,15,17)(H,16,18). The maximum atomic E-state index is 13.6. The molecule has 0 aliphatic rings. The van der Waals surface area contributed by atoms with Crippen molar-refractivity contribution in [3.05, 3.63) is 57.3 Å². The second-order valence-electron chi connectivity index (χ2n) is 4.17. The molecule has 0 saturated carbocycles. The molecule has 2 rings (SSSR count). The Balaban J connectivity index is 2.11. The quantitative estimate of drug-likeness (QED) is 0.869. The fourth-order valence-electron chi connectivity index (χ4n) is 1.68. The van der Waals surface area contributed by atoms with E-state index in [1.165, 1.54) is 12.1 Å². The average molecular weight is 248 g/mol. The van der Waals surface area contributed by atoms with Crippen LogP contribution in [-0.4, -0.2) is 15.3 Å². The number of aromatic nitrogens is 2. The number of hydrogen-bond acceptors (Lipinski definition) is 3. The van der Waals surface area contributed by atoms with Crippen molar-refractivity contribution in [2.24, 2.45) is 0 Å². The van der Waals surface area contributed by atoms with Crippen molar-refractivity contribution in [1.29, 1.82) is 0 Å². The van der Waals surface area contributed by atoms with Gasteiger partial charge in [0.2, 0.25) is 0 Å². The first-order valence-electron chi connectivity index (χ1n) is 5.59. The van der Waals surface area contributed by atoms with E-state index in [1.54, 1.807) is 6.07 Å². The highest BCUT2D eigenvalue weighted by molar-refractivity contribution is 5.25. The molecule has 0 bridgehead atoms. The number of aromatic hydroxyl groups is 1. The summed E-state index contributed by atoms with van der Waals surface area (Å²) in [6.07, 6.45) is 0.912. The van der Waals surface area contributed by atoms with E-state index < -0.39 is 5.56 Å². The first-order chi connectivity index (χ1) is 8.56. The van der Waals surface area contributed by atoms with Crippen molar-refractivity contribution in [3.8, 4) is 5.75 Å². The van der Waals surface area contributed by atoms with Gasteiger partial charge in [0.25, 0.3) is 0 Å². The molecule has 2 N–H and O–H groups in total. The number of nitrogens with zero attached hydrogens (tertiary/aromatic N) is 1. The Hall–Kier alpha value is -2.17. The summed E-state index contributed by atoms with van der Waals surface area (Å²) in [5.74, 6) is -0.618. The van der Waals surface area contributed by atoms with Crippen LogP contribution >= 0.6 is 0 Å². The maximum absolute atomic E-state index is 13.6. The molecule has 0 amide bonds. The Bertz CT molecular complexity index is 623. The minimum Gasteiger partial charge on any atom is -0.503 e. The molecule has 0 fully saturated rings. The zero-order valence-electron chi connectivity index (χ0n) is 9.90. The second-order valence-corrected chi connectivity index (χ2v) is 4.17. The van der Waals surface area contributed by atoms with Crippen molar-refractivity contribution >= 4 is 0 Å². The smallest absolute Gasteiger partial charge is 0.306 e. The summed E-state index contributed by atoms with van der Waals surface area (Å²) >= 11 is 0. The number of H-pyrrole nitrogens is 1. The third-order valence-electron chi connectivity index (χ3n) is 2.70. The molecule has 1 heterocycles. The van der Waals surface area contributed by atoms with Gasteiger partial charge in [-0.1, -0.05) is 12.1 Å². The molecule has 0 radical (unpaired) electrons. The Kier molecular flexibility index (Phi) is 3.41. The Morgan fingerprint density at radius 2 is 2.11 bits per heavy atom. The normalized spacial score (nSPS) is 10.6. The van der Waals surface area contributed by atoms with E-state index in [1.807, 2.05) is 13.0 Å². The monoisotopic (exact) mass is 248 g/mol. The number of aryl methyl sites for hydroxylation is 3. The molecule has 2 aromatic rings. The lowest BCUT2D eigenvalue weighted by Gasteiger charge is -2.04. The molecule has 0 aliphatic heterocycles. The number of hydrogen-bond donors (Lipinski definition) is 2. The second kappa shape index (κ2) is 5.00. The van der Waals surface area contributed by atoms with Crippen molar-refractivity contribution in [2.75, 3.05) is 0 Å². The molecular weight excluding hydrogens is 235 g/mol. The predicted octanol–water partition coefficient (Wildman–Crippen LogP) is 1.71. The van der Waals surface area contributed by atoms with Crippen LogP contribution in [0.4, 0.5) is 4.39 Å². The lowest BCUT2D eigenvalue weighted by Crippen LogP contribution is -2.09. The fourth-order valence-corrected chi connectivity index (χ4v) is 1.68. The van der Waals surface area contributed by atoms with E-state index in [9.17, 15) is 14.3 Å². The van der Waals surface area contributed by atoms with Gasteiger partial charge in [-0.05, 0) is 37.0 Å². The molecule has 0 atom stereocenters. The van der Waals surface area contributed by atoms with Crippen LogP contribution in [0.3, 0.4) is 0 Å². The summed E-state index contributed by atoms with van der Waals surface area (Å²) in [6.45, 7) is 1.83. The third kappa shape index (κ3) is 2.74. The molecule has 0 saturated heterocycles. The van der Waals surface area contributed by atoms with E-state index >= 15 is 0 Å². The maximum Gasteiger partial charge on any atom is 0.306 e. The zero-order chi connectivity index (χ0) is 13.1. The van der Waals surface area contributed by atoms with Gasteiger partial charge in [0, 0.05) is 6.07 Å². The molecule has 0 unspecified atom stereocenters. The summed E-state index contributed by atoms with van der Waals surface area (Å²) in [4.78, 5) is 10.9. The van der Waals surface area contributed by atoms with Gasteiger partial charge in [0.1, 0.15) is 5.82 Å². The first kappa shape index (κ1) is 12.3. The van der Waals surface area contributed by atoms with E-state index in [2.05, 4.69) is 10.2 Å². The van der Waals surface area contributed by atoms with Crippen LogP contribution in [0.25, 0.3) is 0 Å². The third-order valence-corrected chi connectivity index (χ3v) is 2.70. The number of aromatic amines is 1. The predicted molar refractivity (Wildman–Crippen MR) is 65.1 cm³/mol. The van der Waals surface area contributed by atoms with E-state index in [-0.39, 0.29) is 11.6 Å². The lowest BCUT2D eigenvalue weighted by molar-refractivity contribution is 0.462. The molecule has 1 aromatic heterocycles. The molecule has 4 nitrogen and oxygen atoms in total. The van der Waals surface area contributed by atoms with E-state index in [0.29, 0.717) is 24.1 Å². The highest BCUT2D eigenvalue weighted by Crippen LogP contribution is 2.13. The number of rotatable bonds is 3. The molecule has 18 heavy (non-hydrogen) atoms. The van der Waals surface area contributed by atoms with Crippen LogP contribution in [0.2, 0.25) is 0 Å². The zero-order valence-corrected chi connectivity index (χ0v) is 9.90. The van der Waals surface area contributed by atoms with Gasteiger partial charge in [-0.2, -0.15) is 5.10 Å². The van der Waals surface area contributed by atoms with E-state index in [4.69, 9.17) is 0 Å². The van der Waals surface area contributed by atoms with Crippen molar-refractivity contribution in [3.63, 3.8) is 0 Å². The minimum absolute atomic E-state index is 0.247. The first-order valence-corrected chi connectivity index (χ1v) is 5.59.